The number of amides is 1. The van der Waals surface area contributed by atoms with Crippen molar-refractivity contribution in [1.29, 1.82) is 0 Å². The van der Waals surface area contributed by atoms with Crippen LogP contribution in [0, 0.1) is 0 Å². The molecule has 0 atom stereocenters. The third-order valence-electron chi connectivity index (χ3n) is 2.03. The van der Waals surface area contributed by atoms with E-state index in [0.717, 1.165) is 11.3 Å². The van der Waals surface area contributed by atoms with Gasteiger partial charge in [0.25, 0.3) is 0 Å². The Morgan fingerprint density at radius 2 is 2.38 bits per heavy atom. The zero-order valence-corrected chi connectivity index (χ0v) is 9.80. The van der Waals surface area contributed by atoms with Crippen molar-refractivity contribution in [3.8, 4) is 0 Å². The van der Waals surface area contributed by atoms with E-state index in [0.29, 0.717) is 18.0 Å². The van der Waals surface area contributed by atoms with Crippen molar-refractivity contribution >= 4 is 28.8 Å². The highest BCUT2D eigenvalue weighted by atomic mass is 32.1. The van der Waals surface area contributed by atoms with E-state index in [1.165, 1.54) is 0 Å². The molecule has 16 heavy (non-hydrogen) atoms. The SMILES string of the molecule is CNC(=O)CCNc1cnccc1C(N)=S. The first-order valence-corrected chi connectivity index (χ1v) is 5.24. The Morgan fingerprint density at radius 3 is 3.00 bits per heavy atom. The highest BCUT2D eigenvalue weighted by molar-refractivity contribution is 7.80. The Hall–Kier alpha value is -1.69. The second kappa shape index (κ2) is 6.02. The minimum Gasteiger partial charge on any atom is -0.389 e. The van der Waals surface area contributed by atoms with Gasteiger partial charge in [0.1, 0.15) is 4.99 Å². The van der Waals surface area contributed by atoms with Crippen LogP contribution in [0.2, 0.25) is 0 Å². The number of anilines is 1. The van der Waals surface area contributed by atoms with E-state index in [2.05, 4.69) is 15.6 Å². The Morgan fingerprint density at radius 1 is 1.62 bits per heavy atom. The minimum absolute atomic E-state index is 0.0201. The number of thiocarbonyl (C=S) groups is 1. The number of pyridine rings is 1. The number of carbonyl (C=O) groups excluding carboxylic acids is 1. The summed E-state index contributed by atoms with van der Waals surface area (Å²) in [7, 11) is 1.60. The maximum absolute atomic E-state index is 11.0. The van der Waals surface area contributed by atoms with Crippen LogP contribution in [0.3, 0.4) is 0 Å². The van der Waals surface area contributed by atoms with Gasteiger partial charge in [-0.3, -0.25) is 9.78 Å². The van der Waals surface area contributed by atoms with E-state index in [1.54, 1.807) is 25.5 Å². The van der Waals surface area contributed by atoms with Gasteiger partial charge < -0.3 is 16.4 Å². The van der Waals surface area contributed by atoms with E-state index in [-0.39, 0.29) is 5.91 Å². The van der Waals surface area contributed by atoms with E-state index < -0.39 is 0 Å². The van der Waals surface area contributed by atoms with E-state index in [4.69, 9.17) is 18.0 Å². The molecule has 0 aliphatic heterocycles. The summed E-state index contributed by atoms with van der Waals surface area (Å²) in [6.45, 7) is 0.515. The van der Waals surface area contributed by atoms with Crippen LogP contribution in [-0.4, -0.2) is 29.5 Å². The van der Waals surface area contributed by atoms with Crippen molar-refractivity contribution < 1.29 is 4.79 Å². The van der Waals surface area contributed by atoms with Gasteiger partial charge in [-0.15, -0.1) is 0 Å². The summed E-state index contributed by atoms with van der Waals surface area (Å²) in [5, 5.41) is 5.61. The van der Waals surface area contributed by atoms with Crippen LogP contribution in [0.1, 0.15) is 12.0 Å². The molecule has 0 aliphatic rings. The summed E-state index contributed by atoms with van der Waals surface area (Å²) < 4.78 is 0. The molecule has 0 unspecified atom stereocenters. The van der Waals surface area contributed by atoms with Crippen LogP contribution in [0.25, 0.3) is 0 Å². The average Bonchev–Trinajstić information content (AvgIpc) is 2.29. The Kier molecular flexibility index (Phi) is 4.65. The molecule has 4 N–H and O–H groups in total. The summed E-state index contributed by atoms with van der Waals surface area (Å²) in [5.41, 5.74) is 7.04. The van der Waals surface area contributed by atoms with Crippen molar-refractivity contribution in [3.05, 3.63) is 24.0 Å². The first-order chi connectivity index (χ1) is 7.65. The van der Waals surface area contributed by atoms with Crippen LogP contribution in [0.15, 0.2) is 18.5 Å². The van der Waals surface area contributed by atoms with Gasteiger partial charge >= 0.3 is 0 Å². The molecule has 6 heteroatoms. The molecule has 0 aliphatic carbocycles. The zero-order chi connectivity index (χ0) is 12.0. The minimum atomic E-state index is -0.0201. The lowest BCUT2D eigenvalue weighted by Crippen LogP contribution is -2.21. The van der Waals surface area contributed by atoms with Gasteiger partial charge in [-0.05, 0) is 6.07 Å². The first kappa shape index (κ1) is 12.4. The van der Waals surface area contributed by atoms with Crippen molar-refractivity contribution in [2.45, 2.75) is 6.42 Å². The Labute approximate surface area is 99.4 Å². The molecular weight excluding hydrogens is 224 g/mol. The second-order valence-electron chi connectivity index (χ2n) is 3.14. The molecule has 0 radical (unpaired) electrons. The standard InChI is InChI=1S/C10H14N4OS/c1-12-9(15)3-5-14-8-6-13-4-2-7(8)10(11)16/h2,4,6,14H,3,5H2,1H3,(H2,11,16)(H,12,15). The smallest absolute Gasteiger partial charge is 0.221 e. The van der Waals surface area contributed by atoms with Crippen molar-refractivity contribution in [2.75, 3.05) is 18.9 Å². The molecular formula is C10H14N4OS. The van der Waals surface area contributed by atoms with Gasteiger partial charge in [0, 0.05) is 31.8 Å². The highest BCUT2D eigenvalue weighted by Crippen LogP contribution is 2.12. The quantitative estimate of drug-likeness (QED) is 0.641. The number of hydrogen-bond donors (Lipinski definition) is 3. The largest absolute Gasteiger partial charge is 0.389 e. The molecule has 86 valence electrons. The summed E-state index contributed by atoms with van der Waals surface area (Å²) >= 11 is 4.91. The van der Waals surface area contributed by atoms with Crippen LogP contribution in [0.4, 0.5) is 5.69 Å². The predicted octanol–water partition coefficient (Wildman–Crippen LogP) is 0.264. The van der Waals surface area contributed by atoms with Crippen molar-refractivity contribution in [3.63, 3.8) is 0 Å². The summed E-state index contributed by atoms with van der Waals surface area (Å²) in [4.78, 5) is 15.3. The molecule has 0 saturated heterocycles. The Bertz CT molecular complexity index is 394. The second-order valence-corrected chi connectivity index (χ2v) is 3.58. The van der Waals surface area contributed by atoms with Crippen LogP contribution < -0.4 is 16.4 Å². The van der Waals surface area contributed by atoms with E-state index in [1.807, 2.05) is 0 Å². The monoisotopic (exact) mass is 238 g/mol. The lowest BCUT2D eigenvalue weighted by Gasteiger charge is -2.09. The van der Waals surface area contributed by atoms with Gasteiger partial charge in [-0.25, -0.2) is 0 Å². The third kappa shape index (κ3) is 3.47. The molecule has 0 aromatic carbocycles. The van der Waals surface area contributed by atoms with Gasteiger partial charge in [-0.1, -0.05) is 12.2 Å². The summed E-state index contributed by atoms with van der Waals surface area (Å²) in [6.07, 6.45) is 3.65. The Balaban J connectivity index is 2.60. The lowest BCUT2D eigenvalue weighted by atomic mass is 10.2. The lowest BCUT2D eigenvalue weighted by molar-refractivity contribution is -0.120. The maximum Gasteiger partial charge on any atom is 0.221 e. The fourth-order valence-corrected chi connectivity index (χ4v) is 1.36. The summed E-state index contributed by atoms with van der Waals surface area (Å²) in [5.74, 6) is -0.0201. The number of nitrogens with zero attached hydrogens (tertiary/aromatic N) is 1. The van der Waals surface area contributed by atoms with E-state index >= 15 is 0 Å². The number of aromatic nitrogens is 1. The normalized spacial score (nSPS) is 9.56. The summed E-state index contributed by atoms with van der Waals surface area (Å²) in [6, 6.07) is 1.74. The first-order valence-electron chi connectivity index (χ1n) is 4.83. The van der Waals surface area contributed by atoms with Crippen molar-refractivity contribution in [1.82, 2.24) is 10.3 Å². The van der Waals surface area contributed by atoms with Crippen LogP contribution in [-0.2, 0) is 4.79 Å². The zero-order valence-electron chi connectivity index (χ0n) is 8.99. The van der Waals surface area contributed by atoms with Gasteiger partial charge in [-0.2, -0.15) is 0 Å². The molecule has 1 aromatic heterocycles. The molecule has 0 saturated carbocycles. The maximum atomic E-state index is 11.0. The molecule has 1 heterocycles. The van der Waals surface area contributed by atoms with E-state index in [9.17, 15) is 4.79 Å². The number of nitrogens with two attached hydrogens (primary N) is 1. The molecule has 1 amide bonds. The number of rotatable bonds is 5. The van der Waals surface area contributed by atoms with Gasteiger partial charge in [0.15, 0.2) is 0 Å². The molecule has 0 bridgehead atoms. The van der Waals surface area contributed by atoms with Crippen LogP contribution in [0.5, 0.6) is 0 Å². The highest BCUT2D eigenvalue weighted by Gasteiger charge is 2.04. The van der Waals surface area contributed by atoms with Gasteiger partial charge in [0.2, 0.25) is 5.91 Å². The predicted molar refractivity (Wildman–Crippen MR) is 67.3 cm³/mol. The topological polar surface area (TPSA) is 80.0 Å². The molecule has 5 nitrogen and oxygen atoms in total. The van der Waals surface area contributed by atoms with Crippen LogP contribution >= 0.6 is 12.2 Å². The average molecular weight is 238 g/mol. The molecule has 1 aromatic rings. The molecule has 1 rings (SSSR count). The fraction of sp³-hybridized carbons (Fsp3) is 0.300. The van der Waals surface area contributed by atoms with Crippen molar-refractivity contribution in [2.24, 2.45) is 5.73 Å². The number of hydrogen-bond acceptors (Lipinski definition) is 4. The molecule has 0 fully saturated rings. The number of carbonyl (C=O) groups is 1. The molecule has 0 spiro atoms. The van der Waals surface area contributed by atoms with Gasteiger partial charge in [0.05, 0.1) is 11.9 Å². The fourth-order valence-electron chi connectivity index (χ4n) is 1.19. The third-order valence-corrected chi connectivity index (χ3v) is 2.25. The number of nitrogens with one attached hydrogen (secondary N) is 2.